The van der Waals surface area contributed by atoms with Crippen LogP contribution in [0.15, 0.2) is 6.33 Å². The predicted octanol–water partition coefficient (Wildman–Crippen LogP) is -0.218. The summed E-state index contributed by atoms with van der Waals surface area (Å²) in [6.45, 7) is 3.40. The minimum absolute atomic E-state index is 0.457. The number of thioether (sulfide) groups is 1. The Balaban J connectivity index is 3.01. The highest BCUT2D eigenvalue weighted by Gasteiger charge is 2.22. The second-order valence-corrected chi connectivity index (χ2v) is 4.62. The molecular formula is C10H15N2O3S-. The first-order chi connectivity index (χ1) is 7.49. The van der Waals surface area contributed by atoms with Crippen molar-refractivity contribution in [3.8, 4) is 0 Å². The quantitative estimate of drug-likeness (QED) is 0.529. The summed E-state index contributed by atoms with van der Waals surface area (Å²) in [4.78, 5) is 11.0. The molecule has 16 heavy (non-hydrogen) atoms. The van der Waals surface area contributed by atoms with E-state index in [4.69, 9.17) is 0 Å². The van der Waals surface area contributed by atoms with Crippen LogP contribution in [0.3, 0.4) is 0 Å². The standard InChI is InChI=1S/C10H16N2O3S/c1-7-8(2)12(15)6-11(7)9(10(13)14)4-5-16-3/h6,9H,4-5H2,1-3H3,(H,13,14)/p-1/t9-/m0/s1. The van der Waals surface area contributed by atoms with Crippen molar-refractivity contribution >= 4 is 17.7 Å². The molecule has 1 rings (SSSR count). The molecule has 0 N–H and O–H groups in total. The Labute approximate surface area is 98.7 Å². The molecule has 90 valence electrons. The molecular weight excluding hydrogens is 228 g/mol. The Morgan fingerprint density at radius 3 is 2.62 bits per heavy atom. The summed E-state index contributed by atoms with van der Waals surface area (Å²) in [6, 6.07) is -0.763. The summed E-state index contributed by atoms with van der Waals surface area (Å²) in [7, 11) is 0. The van der Waals surface area contributed by atoms with Crippen molar-refractivity contribution in [2.24, 2.45) is 0 Å². The number of carbonyl (C=O) groups is 1. The number of imidazole rings is 1. The number of aromatic nitrogens is 2. The summed E-state index contributed by atoms with van der Waals surface area (Å²) >= 11 is 1.57. The molecule has 5 nitrogen and oxygen atoms in total. The van der Waals surface area contributed by atoms with Crippen LogP contribution in [0.5, 0.6) is 0 Å². The molecule has 1 aromatic rings. The fourth-order valence-corrected chi connectivity index (χ4v) is 2.01. The molecule has 0 aromatic carbocycles. The Morgan fingerprint density at radius 1 is 1.62 bits per heavy atom. The van der Waals surface area contributed by atoms with Gasteiger partial charge in [-0.05, 0) is 12.0 Å². The van der Waals surface area contributed by atoms with Crippen LogP contribution in [0.2, 0.25) is 0 Å². The third kappa shape index (κ3) is 2.49. The van der Waals surface area contributed by atoms with Gasteiger partial charge in [0.25, 0.3) is 0 Å². The minimum atomic E-state index is -1.15. The van der Waals surface area contributed by atoms with E-state index in [1.165, 1.54) is 10.9 Å². The van der Waals surface area contributed by atoms with E-state index in [0.717, 1.165) is 0 Å². The number of aliphatic carboxylic acids is 1. The summed E-state index contributed by atoms with van der Waals surface area (Å²) in [5.41, 5.74) is 1.20. The van der Waals surface area contributed by atoms with Crippen LogP contribution in [-0.4, -0.2) is 22.5 Å². The van der Waals surface area contributed by atoms with E-state index in [0.29, 0.717) is 28.3 Å². The van der Waals surface area contributed by atoms with Gasteiger partial charge in [-0.15, -0.1) is 0 Å². The highest BCUT2D eigenvalue weighted by Crippen LogP contribution is 2.17. The van der Waals surface area contributed by atoms with Gasteiger partial charge >= 0.3 is 0 Å². The summed E-state index contributed by atoms with van der Waals surface area (Å²) < 4.78 is 2.16. The monoisotopic (exact) mass is 243 g/mol. The van der Waals surface area contributed by atoms with Crippen molar-refractivity contribution in [3.63, 3.8) is 0 Å². The summed E-state index contributed by atoms with van der Waals surface area (Å²) in [5.74, 6) is -0.429. The number of carbonyl (C=O) groups excluding carboxylic acids is 1. The normalized spacial score (nSPS) is 12.7. The minimum Gasteiger partial charge on any atom is -0.711 e. The largest absolute Gasteiger partial charge is 0.711 e. The van der Waals surface area contributed by atoms with Crippen molar-refractivity contribution in [2.75, 3.05) is 12.0 Å². The molecule has 1 atom stereocenters. The highest BCUT2D eigenvalue weighted by atomic mass is 32.2. The van der Waals surface area contributed by atoms with Gasteiger partial charge in [0.05, 0.1) is 5.97 Å². The molecule has 0 saturated heterocycles. The predicted molar refractivity (Wildman–Crippen MR) is 59.9 cm³/mol. The van der Waals surface area contributed by atoms with Crippen LogP contribution in [0.25, 0.3) is 0 Å². The van der Waals surface area contributed by atoms with Gasteiger partial charge in [-0.3, -0.25) is 0 Å². The average molecular weight is 243 g/mol. The van der Waals surface area contributed by atoms with Gasteiger partial charge in [0.1, 0.15) is 17.4 Å². The van der Waals surface area contributed by atoms with Crippen LogP contribution in [0.4, 0.5) is 0 Å². The Morgan fingerprint density at radius 2 is 2.25 bits per heavy atom. The summed E-state index contributed by atoms with van der Waals surface area (Å²) in [6.07, 6.45) is 3.64. The Bertz CT molecular complexity index is 390. The zero-order chi connectivity index (χ0) is 12.3. The lowest BCUT2D eigenvalue weighted by molar-refractivity contribution is -0.611. The van der Waals surface area contributed by atoms with Crippen LogP contribution in [0.1, 0.15) is 23.9 Å². The fraction of sp³-hybridized carbons (Fsp3) is 0.600. The maximum absolute atomic E-state index is 11.3. The van der Waals surface area contributed by atoms with E-state index in [9.17, 15) is 15.1 Å². The van der Waals surface area contributed by atoms with E-state index in [2.05, 4.69) is 0 Å². The second kappa shape index (κ2) is 5.25. The Kier molecular flexibility index (Phi) is 4.23. The number of hydrogen-bond donors (Lipinski definition) is 0. The molecule has 0 fully saturated rings. The van der Waals surface area contributed by atoms with Gasteiger partial charge in [-0.1, -0.05) is 0 Å². The molecule has 0 bridgehead atoms. The van der Waals surface area contributed by atoms with Gasteiger partial charge in [-0.2, -0.15) is 11.8 Å². The lowest BCUT2D eigenvalue weighted by atomic mass is 10.2. The van der Waals surface area contributed by atoms with E-state index < -0.39 is 12.0 Å². The fourth-order valence-electron chi connectivity index (χ4n) is 1.55. The molecule has 0 aliphatic rings. The average Bonchev–Trinajstić information content (AvgIpc) is 2.47. The Hall–Kier alpha value is -1.17. The SMILES string of the molecule is CSCC[C@@H](C(=O)[O-])n1c[n+]([O-])c(C)c1C. The van der Waals surface area contributed by atoms with Crippen molar-refractivity contribution in [3.05, 3.63) is 22.9 Å². The third-order valence-corrected chi connectivity index (χ3v) is 3.32. The van der Waals surface area contributed by atoms with Crippen molar-refractivity contribution < 1.29 is 14.6 Å². The molecule has 1 heterocycles. The van der Waals surface area contributed by atoms with Gasteiger partial charge < -0.3 is 15.1 Å². The van der Waals surface area contributed by atoms with Gasteiger partial charge in [-0.25, -0.2) is 9.30 Å². The van der Waals surface area contributed by atoms with Gasteiger partial charge in [0.15, 0.2) is 0 Å². The van der Waals surface area contributed by atoms with E-state index in [1.807, 2.05) is 6.26 Å². The lowest BCUT2D eigenvalue weighted by Gasteiger charge is -2.15. The second-order valence-electron chi connectivity index (χ2n) is 3.64. The molecule has 1 aromatic heterocycles. The molecule has 0 radical (unpaired) electrons. The maximum Gasteiger partial charge on any atom is 0.247 e. The van der Waals surface area contributed by atoms with Crippen LogP contribution in [0, 0.1) is 19.1 Å². The van der Waals surface area contributed by atoms with Gasteiger partial charge in [0, 0.05) is 20.3 Å². The molecule has 6 heteroatoms. The van der Waals surface area contributed by atoms with Crippen molar-refractivity contribution in [1.29, 1.82) is 0 Å². The van der Waals surface area contributed by atoms with Crippen molar-refractivity contribution in [2.45, 2.75) is 26.3 Å². The number of hydrogen-bond acceptors (Lipinski definition) is 4. The zero-order valence-corrected chi connectivity index (χ0v) is 10.4. The molecule has 0 aliphatic carbocycles. The van der Waals surface area contributed by atoms with Crippen molar-refractivity contribution in [1.82, 2.24) is 4.57 Å². The van der Waals surface area contributed by atoms with Gasteiger partial charge in [0.2, 0.25) is 6.33 Å². The first kappa shape index (κ1) is 12.9. The third-order valence-electron chi connectivity index (χ3n) is 2.67. The number of carboxylic acids is 1. The molecule has 0 aliphatic heterocycles. The zero-order valence-electron chi connectivity index (χ0n) is 9.60. The number of rotatable bonds is 5. The molecule has 0 unspecified atom stereocenters. The number of nitrogens with zero attached hydrogens (tertiary/aromatic N) is 2. The smallest absolute Gasteiger partial charge is 0.247 e. The first-order valence-corrected chi connectivity index (χ1v) is 6.35. The first-order valence-electron chi connectivity index (χ1n) is 4.96. The van der Waals surface area contributed by atoms with E-state index in [1.54, 1.807) is 25.6 Å². The van der Waals surface area contributed by atoms with Crippen LogP contribution in [-0.2, 0) is 4.79 Å². The summed E-state index contributed by atoms with van der Waals surface area (Å²) in [5, 5.41) is 22.4. The maximum atomic E-state index is 11.3. The van der Waals surface area contributed by atoms with Crippen LogP contribution < -0.4 is 9.84 Å². The molecule has 0 amide bonds. The molecule has 0 spiro atoms. The molecule has 0 saturated carbocycles. The van der Waals surface area contributed by atoms with Crippen LogP contribution >= 0.6 is 11.8 Å². The topological polar surface area (TPSA) is 72.0 Å². The van der Waals surface area contributed by atoms with E-state index in [-0.39, 0.29) is 0 Å². The van der Waals surface area contributed by atoms with E-state index >= 15 is 0 Å². The number of carboxylic acid groups (broad SMARTS) is 1. The lowest BCUT2D eigenvalue weighted by Crippen LogP contribution is -2.34. The highest BCUT2D eigenvalue weighted by molar-refractivity contribution is 7.98.